The van der Waals surface area contributed by atoms with Crippen LogP contribution in [0.15, 0.2) is 34.8 Å². The number of anilines is 1. The molecule has 0 aliphatic heterocycles. The summed E-state index contributed by atoms with van der Waals surface area (Å²) in [6.07, 6.45) is 1.70. The van der Waals surface area contributed by atoms with E-state index in [1.54, 1.807) is 18.2 Å². The molecule has 0 saturated heterocycles. The predicted octanol–water partition coefficient (Wildman–Crippen LogP) is 2.04. The number of hydrogen-bond acceptors (Lipinski definition) is 3. The van der Waals surface area contributed by atoms with Gasteiger partial charge in [0.25, 0.3) is 0 Å². The molecule has 1 aromatic carbocycles. The highest BCUT2D eigenvalue weighted by Gasteiger charge is 2.06. The van der Waals surface area contributed by atoms with Gasteiger partial charge in [-0.3, -0.25) is 4.79 Å². The number of carboxylic acids is 1. The number of nitrogens with one attached hydrogen (secondary N) is 1. The van der Waals surface area contributed by atoms with Crippen molar-refractivity contribution in [3.05, 3.63) is 34.8 Å². The summed E-state index contributed by atoms with van der Waals surface area (Å²) in [5, 5.41) is 10.9. The fourth-order valence-electron chi connectivity index (χ4n) is 1.10. The zero-order chi connectivity index (χ0) is 12.8. The first-order valence-corrected chi connectivity index (χ1v) is 5.37. The molecule has 17 heavy (non-hydrogen) atoms. The fraction of sp³-hybridized carbons (Fsp3) is 0.0909. The summed E-state index contributed by atoms with van der Waals surface area (Å²) in [5.74, 6) is -1.23. The van der Waals surface area contributed by atoms with Crippen LogP contribution in [0.25, 0.3) is 0 Å². The topological polar surface area (TPSA) is 75.6 Å². The van der Waals surface area contributed by atoms with Gasteiger partial charge < -0.3 is 15.2 Å². The van der Waals surface area contributed by atoms with E-state index in [0.717, 1.165) is 16.6 Å². The number of carbonyl (C=O) groups excluding carboxylic acids is 1. The Hall–Kier alpha value is -1.82. The van der Waals surface area contributed by atoms with Gasteiger partial charge in [0.1, 0.15) is 5.75 Å². The van der Waals surface area contributed by atoms with Gasteiger partial charge in [-0.05, 0) is 18.2 Å². The van der Waals surface area contributed by atoms with Crippen molar-refractivity contribution < 1.29 is 19.4 Å². The maximum absolute atomic E-state index is 11.4. The third-order valence-electron chi connectivity index (χ3n) is 1.80. The van der Waals surface area contributed by atoms with Gasteiger partial charge in [0.15, 0.2) is 0 Å². The minimum atomic E-state index is -1.18. The maximum atomic E-state index is 11.4. The number of carboxylic acid groups (broad SMARTS) is 1. The molecule has 0 heterocycles. The number of benzene rings is 1. The summed E-state index contributed by atoms with van der Waals surface area (Å²) in [5.41, 5.74) is 0.460. The number of rotatable bonds is 4. The van der Waals surface area contributed by atoms with Gasteiger partial charge in [0.2, 0.25) is 5.91 Å². The Morgan fingerprint density at radius 3 is 2.71 bits per heavy atom. The lowest BCUT2D eigenvalue weighted by molar-refractivity contribution is -0.131. The van der Waals surface area contributed by atoms with E-state index in [2.05, 4.69) is 21.2 Å². The molecule has 1 rings (SSSR count). The van der Waals surface area contributed by atoms with Gasteiger partial charge in [0.05, 0.1) is 12.8 Å². The molecular formula is C11H10BrNO4. The lowest BCUT2D eigenvalue weighted by atomic mass is 10.3. The number of carbonyl (C=O) groups is 2. The van der Waals surface area contributed by atoms with Crippen molar-refractivity contribution in [2.45, 2.75) is 0 Å². The fourth-order valence-corrected chi connectivity index (χ4v) is 1.46. The highest BCUT2D eigenvalue weighted by molar-refractivity contribution is 9.10. The number of aliphatic carboxylic acids is 1. The summed E-state index contributed by atoms with van der Waals surface area (Å²) in [6, 6.07) is 5.10. The Morgan fingerprint density at radius 2 is 2.12 bits per heavy atom. The third kappa shape index (κ3) is 4.28. The third-order valence-corrected chi connectivity index (χ3v) is 2.29. The van der Waals surface area contributed by atoms with Crippen molar-refractivity contribution in [3.8, 4) is 5.75 Å². The van der Waals surface area contributed by atoms with Crippen molar-refractivity contribution in [2.75, 3.05) is 12.4 Å². The van der Waals surface area contributed by atoms with Crippen LogP contribution in [0.5, 0.6) is 5.75 Å². The molecule has 0 spiro atoms. The summed E-state index contributed by atoms with van der Waals surface area (Å²) >= 11 is 3.26. The molecule has 0 radical (unpaired) electrons. The average molecular weight is 300 g/mol. The molecule has 0 bridgehead atoms. The molecule has 0 aliphatic rings. The second-order valence-electron chi connectivity index (χ2n) is 3.01. The standard InChI is InChI=1S/C11H10BrNO4/c1-17-9-3-2-7(12)6-8(9)13-10(14)4-5-11(15)16/h2-6H,1H3,(H,13,14)(H,15,16)/b5-4-. The first-order chi connectivity index (χ1) is 8.02. The second-order valence-corrected chi connectivity index (χ2v) is 3.92. The number of amides is 1. The first kappa shape index (κ1) is 13.2. The molecule has 0 aliphatic carbocycles. The number of methoxy groups -OCH3 is 1. The normalized spacial score (nSPS) is 10.2. The van der Waals surface area contributed by atoms with E-state index in [1.807, 2.05) is 0 Å². The first-order valence-electron chi connectivity index (χ1n) is 4.58. The number of halogens is 1. The van der Waals surface area contributed by atoms with Gasteiger partial charge in [-0.2, -0.15) is 0 Å². The zero-order valence-electron chi connectivity index (χ0n) is 8.94. The van der Waals surface area contributed by atoms with Crippen LogP contribution in [0.3, 0.4) is 0 Å². The van der Waals surface area contributed by atoms with E-state index in [9.17, 15) is 9.59 Å². The van der Waals surface area contributed by atoms with Crippen molar-refractivity contribution in [2.24, 2.45) is 0 Å². The van der Waals surface area contributed by atoms with E-state index >= 15 is 0 Å². The minimum Gasteiger partial charge on any atom is -0.495 e. The Kier molecular flexibility index (Phi) is 4.71. The van der Waals surface area contributed by atoms with Crippen LogP contribution >= 0.6 is 15.9 Å². The van der Waals surface area contributed by atoms with Crippen molar-refractivity contribution in [3.63, 3.8) is 0 Å². The van der Waals surface area contributed by atoms with Gasteiger partial charge in [-0.1, -0.05) is 15.9 Å². The lowest BCUT2D eigenvalue weighted by Gasteiger charge is -2.08. The second kappa shape index (κ2) is 6.05. The number of hydrogen-bond donors (Lipinski definition) is 2. The maximum Gasteiger partial charge on any atom is 0.328 e. The summed E-state index contributed by atoms with van der Waals surface area (Å²) in [6.45, 7) is 0. The van der Waals surface area contributed by atoms with Crippen LogP contribution in [0.1, 0.15) is 0 Å². The van der Waals surface area contributed by atoms with E-state index in [0.29, 0.717) is 11.4 Å². The van der Waals surface area contributed by atoms with Crippen LogP contribution in [0.2, 0.25) is 0 Å². The highest BCUT2D eigenvalue weighted by Crippen LogP contribution is 2.27. The Labute approximate surface area is 106 Å². The van der Waals surface area contributed by atoms with Crippen LogP contribution in [-0.2, 0) is 9.59 Å². The molecule has 6 heteroatoms. The van der Waals surface area contributed by atoms with Gasteiger partial charge >= 0.3 is 5.97 Å². The Bertz CT molecular complexity index is 471. The van der Waals surface area contributed by atoms with E-state index < -0.39 is 11.9 Å². The average Bonchev–Trinajstić information content (AvgIpc) is 2.27. The van der Waals surface area contributed by atoms with Crippen molar-refractivity contribution >= 4 is 33.5 Å². The van der Waals surface area contributed by atoms with Crippen LogP contribution in [-0.4, -0.2) is 24.1 Å². The molecule has 0 saturated carbocycles. The SMILES string of the molecule is COc1ccc(Br)cc1NC(=O)/C=C\C(=O)O. The quantitative estimate of drug-likeness (QED) is 0.834. The van der Waals surface area contributed by atoms with E-state index in [1.165, 1.54) is 7.11 Å². The lowest BCUT2D eigenvalue weighted by Crippen LogP contribution is -2.09. The minimum absolute atomic E-state index is 0.460. The zero-order valence-corrected chi connectivity index (χ0v) is 10.5. The molecule has 0 atom stereocenters. The van der Waals surface area contributed by atoms with Gasteiger partial charge in [0, 0.05) is 16.6 Å². The van der Waals surface area contributed by atoms with Crippen LogP contribution < -0.4 is 10.1 Å². The smallest absolute Gasteiger partial charge is 0.328 e. The molecular weight excluding hydrogens is 290 g/mol. The Morgan fingerprint density at radius 1 is 1.41 bits per heavy atom. The van der Waals surface area contributed by atoms with E-state index in [4.69, 9.17) is 9.84 Å². The molecule has 1 aromatic rings. The molecule has 0 unspecified atom stereocenters. The molecule has 2 N–H and O–H groups in total. The molecule has 5 nitrogen and oxygen atoms in total. The van der Waals surface area contributed by atoms with E-state index in [-0.39, 0.29) is 0 Å². The van der Waals surface area contributed by atoms with Crippen molar-refractivity contribution in [1.29, 1.82) is 0 Å². The summed E-state index contributed by atoms with van der Waals surface area (Å²) < 4.78 is 5.82. The number of ether oxygens (including phenoxy) is 1. The molecule has 0 fully saturated rings. The van der Waals surface area contributed by atoms with Crippen LogP contribution in [0.4, 0.5) is 5.69 Å². The molecule has 1 amide bonds. The molecule has 0 aromatic heterocycles. The van der Waals surface area contributed by atoms with Gasteiger partial charge in [-0.25, -0.2) is 4.79 Å². The van der Waals surface area contributed by atoms with Crippen LogP contribution in [0, 0.1) is 0 Å². The largest absolute Gasteiger partial charge is 0.495 e. The molecule has 90 valence electrons. The Balaban J connectivity index is 2.83. The van der Waals surface area contributed by atoms with Crippen molar-refractivity contribution in [1.82, 2.24) is 0 Å². The highest BCUT2D eigenvalue weighted by atomic mass is 79.9. The predicted molar refractivity (Wildman–Crippen MR) is 66.1 cm³/mol. The summed E-state index contributed by atoms with van der Waals surface area (Å²) in [4.78, 5) is 21.6. The monoisotopic (exact) mass is 299 g/mol. The van der Waals surface area contributed by atoms with Gasteiger partial charge in [-0.15, -0.1) is 0 Å². The summed E-state index contributed by atoms with van der Waals surface area (Å²) in [7, 11) is 1.48.